The van der Waals surface area contributed by atoms with Gasteiger partial charge in [-0.15, -0.1) is 0 Å². The quantitative estimate of drug-likeness (QED) is 0.257. The third-order valence-corrected chi connectivity index (χ3v) is 6.36. The van der Waals surface area contributed by atoms with Crippen LogP contribution in [0.5, 0.6) is 0 Å². The average Bonchev–Trinajstić information content (AvgIpc) is 3.15. The monoisotopic (exact) mass is 465 g/mol. The Morgan fingerprint density at radius 1 is 1.09 bits per heavy atom. The fourth-order valence-corrected chi connectivity index (χ4v) is 4.53. The normalized spacial score (nSPS) is 18.4. The summed E-state index contributed by atoms with van der Waals surface area (Å²) in [5, 5.41) is 22.5. The maximum atomic E-state index is 12.6. The number of carbonyl (C=O) groups excluding carboxylic acids is 1. The van der Waals surface area contributed by atoms with Crippen LogP contribution in [0.3, 0.4) is 0 Å². The third-order valence-electron chi connectivity index (χ3n) is 4.98. The molecule has 2 atom stereocenters. The van der Waals surface area contributed by atoms with E-state index in [-0.39, 0.29) is 23.5 Å². The van der Waals surface area contributed by atoms with Gasteiger partial charge in [0.05, 0.1) is 34.0 Å². The van der Waals surface area contributed by atoms with Crippen molar-refractivity contribution in [2.45, 2.75) is 30.4 Å². The molecule has 0 radical (unpaired) electrons. The largest absolute Gasteiger partial charge is 0.467 e. The Morgan fingerprint density at radius 3 is 2.31 bits per heavy atom. The van der Waals surface area contributed by atoms with Gasteiger partial charge in [0.1, 0.15) is 11.7 Å². The Balaban J connectivity index is 1.94. The number of carbonyl (C=O) groups is 1. The second kappa shape index (κ2) is 8.88. The van der Waals surface area contributed by atoms with E-state index in [1.165, 1.54) is 17.0 Å². The number of nitrogens with zero attached hydrogens (tertiary/aromatic N) is 3. The first-order chi connectivity index (χ1) is 15.0. The summed E-state index contributed by atoms with van der Waals surface area (Å²) in [5.74, 6) is -0.753. The summed E-state index contributed by atoms with van der Waals surface area (Å²) in [4.78, 5) is 34.5. The van der Waals surface area contributed by atoms with Gasteiger partial charge in [0.15, 0.2) is 0 Å². The number of ether oxygens (including phenoxy) is 1. The van der Waals surface area contributed by atoms with Gasteiger partial charge in [0.2, 0.25) is 0 Å². The minimum Gasteiger partial charge on any atom is -0.467 e. The highest BCUT2D eigenvalue weighted by Crippen LogP contribution is 2.37. The number of hydrogen-bond acceptors (Lipinski definition) is 10. The standard InChI is InChI=1S/C19H19N3O9S/c1-12-3-6-15(7-4-12)32(28,29)31-14-10-18(19(23)30-2)20(11-14)16-8-5-13(21(24)25)9-17(16)22(26)27/h3-9,14,18H,10-11H2,1-2H3/t14-,18-/m0/s1. The number of aryl methyl sites for hydroxylation is 1. The number of rotatable bonds is 7. The fraction of sp³-hybridized carbons (Fsp3) is 0.316. The molecule has 0 N–H and O–H groups in total. The molecule has 1 fully saturated rings. The highest BCUT2D eigenvalue weighted by atomic mass is 32.2. The topological polar surface area (TPSA) is 159 Å². The number of non-ortho nitro benzene ring substituents is 1. The maximum absolute atomic E-state index is 12.6. The molecule has 32 heavy (non-hydrogen) atoms. The molecule has 0 spiro atoms. The molecule has 170 valence electrons. The zero-order valence-electron chi connectivity index (χ0n) is 17.0. The lowest BCUT2D eigenvalue weighted by atomic mass is 10.1. The number of nitro groups is 2. The number of esters is 1. The fourth-order valence-electron chi connectivity index (χ4n) is 3.45. The van der Waals surface area contributed by atoms with Crippen LogP contribution in [0.1, 0.15) is 12.0 Å². The predicted octanol–water partition coefficient (Wildman–Crippen LogP) is 2.34. The second-order valence-electron chi connectivity index (χ2n) is 7.10. The van der Waals surface area contributed by atoms with Gasteiger partial charge in [0.25, 0.3) is 21.5 Å². The van der Waals surface area contributed by atoms with Crippen molar-refractivity contribution in [1.82, 2.24) is 0 Å². The Bertz CT molecular complexity index is 1170. The maximum Gasteiger partial charge on any atom is 0.328 e. The SMILES string of the molecule is COC(=O)[C@@H]1C[C@H](OS(=O)(=O)c2ccc(C)cc2)CN1c1ccc([N+](=O)[O-])cc1[N+](=O)[O-]. The number of nitro benzene ring substituents is 2. The van der Waals surface area contributed by atoms with Crippen LogP contribution in [0.25, 0.3) is 0 Å². The molecule has 13 heteroatoms. The Kier molecular flexibility index (Phi) is 6.41. The van der Waals surface area contributed by atoms with E-state index >= 15 is 0 Å². The molecule has 0 aromatic heterocycles. The summed E-state index contributed by atoms with van der Waals surface area (Å²) in [6.07, 6.45) is -1.13. The van der Waals surface area contributed by atoms with Crippen molar-refractivity contribution >= 4 is 33.1 Å². The molecule has 0 aliphatic carbocycles. The molecule has 2 aromatic carbocycles. The molecular weight excluding hydrogens is 446 g/mol. The number of hydrogen-bond donors (Lipinski definition) is 0. The Hall–Kier alpha value is -3.58. The van der Waals surface area contributed by atoms with E-state index in [9.17, 15) is 33.4 Å². The Morgan fingerprint density at radius 2 is 1.75 bits per heavy atom. The minimum atomic E-state index is -4.17. The molecule has 1 saturated heterocycles. The molecular formula is C19H19N3O9S. The molecule has 0 bridgehead atoms. The van der Waals surface area contributed by atoms with Gasteiger partial charge in [-0.1, -0.05) is 17.7 Å². The van der Waals surface area contributed by atoms with E-state index < -0.39 is 49.5 Å². The molecule has 12 nitrogen and oxygen atoms in total. The van der Waals surface area contributed by atoms with Crippen LogP contribution in [0.4, 0.5) is 17.1 Å². The van der Waals surface area contributed by atoms with Crippen molar-refractivity contribution in [3.05, 3.63) is 68.3 Å². The van der Waals surface area contributed by atoms with Crippen LogP contribution >= 0.6 is 0 Å². The van der Waals surface area contributed by atoms with Gasteiger partial charge in [-0.3, -0.25) is 24.4 Å². The molecule has 1 heterocycles. The van der Waals surface area contributed by atoms with Crippen LogP contribution in [0.2, 0.25) is 0 Å². The third kappa shape index (κ3) is 4.68. The molecule has 1 aliphatic heterocycles. The van der Waals surface area contributed by atoms with Crippen molar-refractivity contribution in [1.29, 1.82) is 0 Å². The van der Waals surface area contributed by atoms with Gasteiger partial charge < -0.3 is 9.64 Å². The summed E-state index contributed by atoms with van der Waals surface area (Å²) in [5.41, 5.74) is -0.332. The molecule has 0 unspecified atom stereocenters. The van der Waals surface area contributed by atoms with Crippen molar-refractivity contribution in [2.24, 2.45) is 0 Å². The van der Waals surface area contributed by atoms with Gasteiger partial charge in [-0.25, -0.2) is 4.79 Å². The van der Waals surface area contributed by atoms with Crippen LogP contribution in [-0.4, -0.2) is 50.0 Å². The van der Waals surface area contributed by atoms with Crippen molar-refractivity contribution < 1.29 is 32.0 Å². The van der Waals surface area contributed by atoms with Crippen LogP contribution < -0.4 is 4.90 Å². The first-order valence-corrected chi connectivity index (χ1v) is 10.7. The summed E-state index contributed by atoms with van der Waals surface area (Å²) in [6.45, 7) is 1.60. The van der Waals surface area contributed by atoms with E-state index in [2.05, 4.69) is 0 Å². The van der Waals surface area contributed by atoms with E-state index in [0.29, 0.717) is 0 Å². The zero-order chi connectivity index (χ0) is 23.6. The number of anilines is 1. The average molecular weight is 465 g/mol. The van der Waals surface area contributed by atoms with Crippen molar-refractivity contribution in [3.63, 3.8) is 0 Å². The van der Waals surface area contributed by atoms with Crippen LogP contribution in [-0.2, 0) is 23.8 Å². The molecule has 0 amide bonds. The van der Waals surface area contributed by atoms with E-state index in [1.54, 1.807) is 19.1 Å². The predicted molar refractivity (Wildman–Crippen MR) is 111 cm³/mol. The minimum absolute atomic E-state index is 0.0718. The second-order valence-corrected chi connectivity index (χ2v) is 8.67. The molecule has 2 aromatic rings. The van der Waals surface area contributed by atoms with Gasteiger partial charge >= 0.3 is 5.97 Å². The molecule has 1 aliphatic rings. The van der Waals surface area contributed by atoms with Crippen LogP contribution in [0.15, 0.2) is 47.4 Å². The summed E-state index contributed by atoms with van der Waals surface area (Å²) in [7, 11) is -3.04. The van der Waals surface area contributed by atoms with Gasteiger partial charge in [0, 0.05) is 19.0 Å². The summed E-state index contributed by atoms with van der Waals surface area (Å²) >= 11 is 0. The van der Waals surface area contributed by atoms with Gasteiger partial charge in [-0.05, 0) is 25.1 Å². The first kappa shape index (κ1) is 23.1. The smallest absolute Gasteiger partial charge is 0.328 e. The van der Waals surface area contributed by atoms with E-state index in [4.69, 9.17) is 8.92 Å². The summed E-state index contributed by atoms with van der Waals surface area (Å²) in [6, 6.07) is 7.88. The lowest BCUT2D eigenvalue weighted by molar-refractivity contribution is -0.393. The number of benzene rings is 2. The molecule has 0 saturated carbocycles. The lowest BCUT2D eigenvalue weighted by Crippen LogP contribution is -2.37. The highest BCUT2D eigenvalue weighted by Gasteiger charge is 2.43. The zero-order valence-corrected chi connectivity index (χ0v) is 17.9. The van der Waals surface area contributed by atoms with E-state index in [0.717, 1.165) is 30.9 Å². The van der Waals surface area contributed by atoms with Crippen molar-refractivity contribution in [3.8, 4) is 0 Å². The van der Waals surface area contributed by atoms with Gasteiger partial charge in [-0.2, -0.15) is 8.42 Å². The van der Waals surface area contributed by atoms with E-state index in [1.807, 2.05) is 0 Å². The van der Waals surface area contributed by atoms with Crippen LogP contribution in [0, 0.1) is 27.2 Å². The summed E-state index contributed by atoms with van der Waals surface area (Å²) < 4.78 is 35.4. The highest BCUT2D eigenvalue weighted by molar-refractivity contribution is 7.86. The lowest BCUT2D eigenvalue weighted by Gasteiger charge is -2.24. The number of methoxy groups -OCH3 is 1. The first-order valence-electron chi connectivity index (χ1n) is 9.30. The molecule has 3 rings (SSSR count). The van der Waals surface area contributed by atoms with Crippen molar-refractivity contribution in [2.75, 3.05) is 18.6 Å². The Labute approximate surface area is 182 Å².